The highest BCUT2D eigenvalue weighted by atomic mass is 16.5. The topological polar surface area (TPSA) is 9.23 Å². The summed E-state index contributed by atoms with van der Waals surface area (Å²) in [6.45, 7) is 6.57. The molecule has 0 bridgehead atoms. The minimum atomic E-state index is 0.685. The average molecular weight is 328 g/mol. The van der Waals surface area contributed by atoms with Gasteiger partial charge in [-0.2, -0.15) is 0 Å². The lowest BCUT2D eigenvalue weighted by Gasteiger charge is -2.08. The van der Waals surface area contributed by atoms with Gasteiger partial charge in [0.2, 0.25) is 0 Å². The van der Waals surface area contributed by atoms with Gasteiger partial charge in [-0.15, -0.1) is 0 Å². The van der Waals surface area contributed by atoms with Gasteiger partial charge in [0.15, 0.2) is 0 Å². The van der Waals surface area contributed by atoms with Crippen molar-refractivity contribution < 1.29 is 4.74 Å². The van der Waals surface area contributed by atoms with Crippen molar-refractivity contribution in [3.05, 3.63) is 107 Å². The van der Waals surface area contributed by atoms with Crippen LogP contribution in [0.5, 0.6) is 5.75 Å². The van der Waals surface area contributed by atoms with E-state index in [4.69, 9.17) is 4.74 Å². The maximum Gasteiger partial charge on any atom is 0.119 e. The molecule has 0 atom stereocenters. The second-order valence-corrected chi connectivity index (χ2v) is 6.35. The first kappa shape index (κ1) is 17.0. The monoisotopic (exact) mass is 328 g/mol. The summed E-state index contributed by atoms with van der Waals surface area (Å²) in [5.41, 5.74) is 6.36. The van der Waals surface area contributed by atoms with E-state index < -0.39 is 0 Å². The van der Waals surface area contributed by atoms with E-state index in [0.717, 1.165) is 24.2 Å². The SMILES string of the molecule is C=Cc1ccc(CCOc2ccc(Cc3ccc(C)cc3)cc2)cc1. The quantitative estimate of drug-likeness (QED) is 0.528. The predicted molar refractivity (Wildman–Crippen MR) is 106 cm³/mol. The zero-order valence-corrected chi connectivity index (χ0v) is 14.7. The Kier molecular flexibility index (Phi) is 5.69. The molecule has 0 aliphatic carbocycles. The first-order chi connectivity index (χ1) is 12.2. The van der Waals surface area contributed by atoms with E-state index in [1.165, 1.54) is 22.3 Å². The van der Waals surface area contributed by atoms with Crippen LogP contribution in [0.3, 0.4) is 0 Å². The summed E-state index contributed by atoms with van der Waals surface area (Å²) in [6.07, 6.45) is 3.72. The van der Waals surface area contributed by atoms with Crippen molar-refractivity contribution in [2.75, 3.05) is 6.61 Å². The number of aryl methyl sites for hydroxylation is 1. The molecule has 1 nitrogen and oxygen atoms in total. The highest BCUT2D eigenvalue weighted by molar-refractivity contribution is 5.47. The minimum Gasteiger partial charge on any atom is -0.493 e. The normalized spacial score (nSPS) is 10.4. The van der Waals surface area contributed by atoms with Crippen molar-refractivity contribution in [3.63, 3.8) is 0 Å². The molecule has 25 heavy (non-hydrogen) atoms. The molecule has 3 aromatic rings. The van der Waals surface area contributed by atoms with Crippen molar-refractivity contribution in [2.45, 2.75) is 19.8 Å². The molecule has 0 saturated carbocycles. The molecule has 0 N–H and O–H groups in total. The summed E-state index contributed by atoms with van der Waals surface area (Å²) in [5.74, 6) is 0.926. The van der Waals surface area contributed by atoms with Gasteiger partial charge in [0.1, 0.15) is 5.75 Å². The molecule has 0 fully saturated rings. The third-order valence-corrected chi connectivity index (χ3v) is 4.33. The predicted octanol–water partition coefficient (Wildman–Crippen LogP) is 5.85. The summed E-state index contributed by atoms with van der Waals surface area (Å²) >= 11 is 0. The van der Waals surface area contributed by atoms with Gasteiger partial charge in [0, 0.05) is 6.42 Å². The Morgan fingerprint density at radius 2 is 1.32 bits per heavy atom. The Morgan fingerprint density at radius 1 is 0.760 bits per heavy atom. The lowest BCUT2D eigenvalue weighted by molar-refractivity contribution is 0.322. The molecule has 3 aromatic carbocycles. The molecular weight excluding hydrogens is 304 g/mol. The molecule has 0 saturated heterocycles. The third-order valence-electron chi connectivity index (χ3n) is 4.33. The van der Waals surface area contributed by atoms with Crippen molar-refractivity contribution in [2.24, 2.45) is 0 Å². The van der Waals surface area contributed by atoms with Gasteiger partial charge in [-0.1, -0.05) is 78.9 Å². The van der Waals surface area contributed by atoms with E-state index in [0.29, 0.717) is 6.61 Å². The van der Waals surface area contributed by atoms with Crippen LogP contribution in [0, 0.1) is 6.92 Å². The van der Waals surface area contributed by atoms with Crippen LogP contribution < -0.4 is 4.74 Å². The van der Waals surface area contributed by atoms with Crippen LogP contribution in [-0.4, -0.2) is 6.61 Å². The van der Waals surface area contributed by atoms with Crippen LogP contribution >= 0.6 is 0 Å². The summed E-state index contributed by atoms with van der Waals surface area (Å²) < 4.78 is 5.87. The van der Waals surface area contributed by atoms with E-state index in [1.807, 2.05) is 6.08 Å². The Bertz CT molecular complexity index is 796. The van der Waals surface area contributed by atoms with Crippen LogP contribution in [0.15, 0.2) is 79.4 Å². The second kappa shape index (κ2) is 8.34. The number of rotatable bonds is 7. The van der Waals surface area contributed by atoms with E-state index in [9.17, 15) is 0 Å². The molecule has 0 aliphatic heterocycles. The summed E-state index contributed by atoms with van der Waals surface area (Å²) in [7, 11) is 0. The zero-order chi connectivity index (χ0) is 17.5. The van der Waals surface area contributed by atoms with Crippen LogP contribution in [-0.2, 0) is 12.8 Å². The Balaban J connectivity index is 1.50. The standard InChI is InChI=1S/C24H24O/c1-3-20-8-10-21(11-9-20)16-17-25-24-14-12-23(13-15-24)18-22-6-4-19(2)5-7-22/h3-15H,1,16-18H2,2H3. The van der Waals surface area contributed by atoms with Crippen molar-refractivity contribution in [1.82, 2.24) is 0 Å². The second-order valence-electron chi connectivity index (χ2n) is 6.35. The van der Waals surface area contributed by atoms with Crippen molar-refractivity contribution in [3.8, 4) is 5.75 Å². The number of hydrogen-bond acceptors (Lipinski definition) is 1. The largest absolute Gasteiger partial charge is 0.493 e. The first-order valence-electron chi connectivity index (χ1n) is 8.71. The van der Waals surface area contributed by atoms with Gasteiger partial charge in [-0.3, -0.25) is 0 Å². The van der Waals surface area contributed by atoms with Gasteiger partial charge >= 0.3 is 0 Å². The van der Waals surface area contributed by atoms with Crippen LogP contribution in [0.25, 0.3) is 6.08 Å². The Hall–Kier alpha value is -2.80. The van der Waals surface area contributed by atoms with Crippen LogP contribution in [0.2, 0.25) is 0 Å². The van der Waals surface area contributed by atoms with Gasteiger partial charge < -0.3 is 4.74 Å². The van der Waals surface area contributed by atoms with E-state index in [1.54, 1.807) is 0 Å². The first-order valence-corrected chi connectivity index (χ1v) is 8.71. The maximum atomic E-state index is 5.87. The molecule has 126 valence electrons. The molecule has 1 heteroatoms. The lowest BCUT2D eigenvalue weighted by atomic mass is 10.0. The molecule has 0 unspecified atom stereocenters. The van der Waals surface area contributed by atoms with Crippen LogP contribution in [0.1, 0.15) is 27.8 Å². The summed E-state index contributed by atoms with van der Waals surface area (Å²) in [4.78, 5) is 0. The number of hydrogen-bond donors (Lipinski definition) is 0. The fraction of sp³-hybridized carbons (Fsp3) is 0.167. The molecule has 0 radical (unpaired) electrons. The Labute approximate surface area is 150 Å². The van der Waals surface area contributed by atoms with E-state index in [-0.39, 0.29) is 0 Å². The summed E-state index contributed by atoms with van der Waals surface area (Å²) in [6, 6.07) is 25.6. The Morgan fingerprint density at radius 3 is 1.92 bits per heavy atom. The van der Waals surface area contributed by atoms with E-state index in [2.05, 4.69) is 86.3 Å². The third kappa shape index (κ3) is 5.09. The molecule has 0 heterocycles. The fourth-order valence-corrected chi connectivity index (χ4v) is 2.75. The van der Waals surface area contributed by atoms with Gasteiger partial charge in [0.05, 0.1) is 6.61 Å². The van der Waals surface area contributed by atoms with Crippen LogP contribution in [0.4, 0.5) is 0 Å². The lowest BCUT2D eigenvalue weighted by Crippen LogP contribution is -2.01. The molecular formula is C24H24O. The molecule has 0 aromatic heterocycles. The van der Waals surface area contributed by atoms with E-state index >= 15 is 0 Å². The highest BCUT2D eigenvalue weighted by Crippen LogP contribution is 2.16. The molecule has 0 spiro atoms. The maximum absolute atomic E-state index is 5.87. The number of ether oxygens (including phenoxy) is 1. The zero-order valence-electron chi connectivity index (χ0n) is 14.7. The minimum absolute atomic E-state index is 0.685. The van der Waals surface area contributed by atoms with Gasteiger partial charge in [-0.25, -0.2) is 0 Å². The summed E-state index contributed by atoms with van der Waals surface area (Å²) in [5, 5.41) is 0. The molecule has 0 aliphatic rings. The van der Waals surface area contributed by atoms with Crippen molar-refractivity contribution in [1.29, 1.82) is 0 Å². The number of benzene rings is 3. The average Bonchev–Trinajstić information content (AvgIpc) is 2.66. The highest BCUT2D eigenvalue weighted by Gasteiger charge is 1.99. The fourth-order valence-electron chi connectivity index (χ4n) is 2.75. The van der Waals surface area contributed by atoms with Gasteiger partial charge in [0.25, 0.3) is 0 Å². The smallest absolute Gasteiger partial charge is 0.119 e. The molecule has 0 amide bonds. The van der Waals surface area contributed by atoms with Gasteiger partial charge in [-0.05, 0) is 47.7 Å². The molecule has 3 rings (SSSR count). The van der Waals surface area contributed by atoms with Crippen molar-refractivity contribution >= 4 is 6.08 Å².